The number of carbonyl (C=O) groups excluding carboxylic acids is 1. The average Bonchev–Trinajstić information content (AvgIpc) is 3.31. The number of hydrogen-bond acceptors (Lipinski definition) is 8. The van der Waals surface area contributed by atoms with Gasteiger partial charge < -0.3 is 13.7 Å². The Balaban J connectivity index is 1.59. The Kier molecular flexibility index (Phi) is 6.85. The summed E-state index contributed by atoms with van der Waals surface area (Å²) in [6.45, 7) is 6.56. The number of nitrogens with zero attached hydrogens (tertiary/aromatic N) is 3. The van der Waals surface area contributed by atoms with E-state index in [0.29, 0.717) is 36.1 Å². The number of ether oxygens (including phenoxy) is 1. The van der Waals surface area contributed by atoms with Gasteiger partial charge in [-0.15, -0.1) is 10.2 Å². The molecule has 3 heterocycles. The van der Waals surface area contributed by atoms with Gasteiger partial charge in [0.1, 0.15) is 0 Å². The highest BCUT2D eigenvalue weighted by Gasteiger charge is 2.29. The van der Waals surface area contributed by atoms with Crippen LogP contribution >= 0.6 is 11.8 Å². The van der Waals surface area contributed by atoms with Gasteiger partial charge in [0.05, 0.1) is 29.9 Å². The van der Waals surface area contributed by atoms with Crippen LogP contribution in [0, 0.1) is 19.8 Å². The number of methoxy groups -OCH3 is 1. The number of hydrogen-bond donors (Lipinski definition) is 0. The van der Waals surface area contributed by atoms with E-state index in [1.807, 2.05) is 19.9 Å². The molecule has 2 unspecified atom stereocenters. The predicted molar refractivity (Wildman–Crippen MR) is 110 cm³/mol. The minimum absolute atomic E-state index is 0.000558. The lowest BCUT2D eigenvalue weighted by molar-refractivity contribution is 0.102. The highest BCUT2D eigenvalue weighted by Crippen LogP contribution is 2.26. The van der Waals surface area contributed by atoms with Crippen LogP contribution in [0.5, 0.6) is 0 Å². The van der Waals surface area contributed by atoms with Crippen LogP contribution in [0.3, 0.4) is 0 Å². The zero-order valence-corrected chi connectivity index (χ0v) is 18.8. The molecule has 160 valence electrons. The fourth-order valence-corrected chi connectivity index (χ4v) is 6.44. The summed E-state index contributed by atoms with van der Waals surface area (Å²) < 4.78 is 36.1. The summed E-state index contributed by atoms with van der Waals surface area (Å²) in [6, 6.07) is 2.05. The Morgan fingerprint density at radius 1 is 1.41 bits per heavy atom. The molecular formula is C19H27N3O5S2. The van der Waals surface area contributed by atoms with Crippen LogP contribution in [-0.2, 0) is 21.0 Å². The van der Waals surface area contributed by atoms with Gasteiger partial charge in [-0.3, -0.25) is 4.79 Å². The molecule has 1 fully saturated rings. The maximum absolute atomic E-state index is 12.7. The first-order chi connectivity index (χ1) is 13.7. The van der Waals surface area contributed by atoms with Crippen LogP contribution in [-0.4, -0.2) is 59.9 Å². The van der Waals surface area contributed by atoms with E-state index in [1.54, 1.807) is 7.11 Å². The summed E-state index contributed by atoms with van der Waals surface area (Å²) >= 11 is 1.20. The van der Waals surface area contributed by atoms with E-state index in [4.69, 9.17) is 9.15 Å². The van der Waals surface area contributed by atoms with Crippen molar-refractivity contribution in [3.05, 3.63) is 28.9 Å². The quantitative estimate of drug-likeness (QED) is 0.432. The van der Waals surface area contributed by atoms with E-state index in [0.717, 1.165) is 11.4 Å². The number of rotatable bonds is 9. The van der Waals surface area contributed by atoms with Gasteiger partial charge in [0.2, 0.25) is 5.89 Å². The van der Waals surface area contributed by atoms with Crippen molar-refractivity contribution >= 4 is 27.4 Å². The molecule has 3 rings (SSSR count). The van der Waals surface area contributed by atoms with E-state index in [2.05, 4.69) is 21.7 Å². The van der Waals surface area contributed by atoms with Crippen LogP contribution < -0.4 is 0 Å². The fourth-order valence-electron chi connectivity index (χ4n) is 3.92. The van der Waals surface area contributed by atoms with Gasteiger partial charge in [-0.1, -0.05) is 11.8 Å². The number of carbonyl (C=O) groups is 1. The molecule has 0 radical (unpaired) electrons. The second-order valence-corrected chi connectivity index (χ2v) is 10.8. The summed E-state index contributed by atoms with van der Waals surface area (Å²) in [7, 11) is -1.26. The summed E-state index contributed by atoms with van der Waals surface area (Å²) in [4.78, 5) is 12.7. The van der Waals surface area contributed by atoms with Crippen molar-refractivity contribution in [3.8, 4) is 0 Å². The third-order valence-electron chi connectivity index (χ3n) is 5.20. The van der Waals surface area contributed by atoms with Gasteiger partial charge in [-0.05, 0) is 39.2 Å². The SMILES string of the molecule is COCC(C)n1c(C)cc(C(=O)CSc2nnc(CC3CCS(=O)(=O)C3)o2)c1C. The number of thioether (sulfide) groups is 1. The molecule has 2 atom stereocenters. The van der Waals surface area contributed by atoms with Crippen LogP contribution in [0.4, 0.5) is 0 Å². The molecule has 10 heteroatoms. The van der Waals surface area contributed by atoms with E-state index in [-0.39, 0.29) is 35.0 Å². The summed E-state index contributed by atoms with van der Waals surface area (Å²) in [5, 5.41) is 8.31. The second kappa shape index (κ2) is 9.01. The van der Waals surface area contributed by atoms with E-state index >= 15 is 0 Å². The minimum atomic E-state index is -2.93. The van der Waals surface area contributed by atoms with E-state index in [9.17, 15) is 13.2 Å². The van der Waals surface area contributed by atoms with Gasteiger partial charge in [0, 0.05) is 30.5 Å². The molecule has 29 heavy (non-hydrogen) atoms. The zero-order chi connectivity index (χ0) is 21.2. The average molecular weight is 442 g/mol. The van der Waals surface area contributed by atoms with Gasteiger partial charge in [0.25, 0.3) is 5.22 Å². The first-order valence-electron chi connectivity index (χ1n) is 9.56. The molecule has 0 bridgehead atoms. The lowest BCUT2D eigenvalue weighted by Crippen LogP contribution is -2.14. The van der Waals surface area contributed by atoms with Crippen LogP contribution in [0.25, 0.3) is 0 Å². The normalized spacial score (nSPS) is 19.5. The first kappa shape index (κ1) is 22.0. The molecule has 1 aliphatic rings. The molecule has 2 aromatic heterocycles. The topological polar surface area (TPSA) is 104 Å². The molecule has 0 N–H and O–H groups in total. The molecule has 0 saturated carbocycles. The van der Waals surface area contributed by atoms with Crippen molar-refractivity contribution in [1.29, 1.82) is 0 Å². The third kappa shape index (κ3) is 5.29. The lowest BCUT2D eigenvalue weighted by atomic mass is 10.1. The third-order valence-corrected chi connectivity index (χ3v) is 7.85. The molecule has 2 aromatic rings. The molecule has 0 spiro atoms. The molecule has 0 aromatic carbocycles. The van der Waals surface area contributed by atoms with Crippen molar-refractivity contribution in [3.63, 3.8) is 0 Å². The predicted octanol–water partition coefficient (Wildman–Crippen LogP) is 2.65. The van der Waals surface area contributed by atoms with Crippen molar-refractivity contribution in [2.45, 2.75) is 44.9 Å². The van der Waals surface area contributed by atoms with Gasteiger partial charge >= 0.3 is 0 Å². The molecule has 1 saturated heterocycles. The molecular weight excluding hydrogens is 414 g/mol. The Morgan fingerprint density at radius 3 is 2.83 bits per heavy atom. The van der Waals surface area contributed by atoms with Crippen LogP contribution in [0.2, 0.25) is 0 Å². The Bertz CT molecular complexity index is 980. The van der Waals surface area contributed by atoms with Crippen molar-refractivity contribution < 1.29 is 22.4 Å². The Labute approximate surface area is 175 Å². The molecule has 1 aliphatic heterocycles. The molecule has 8 nitrogen and oxygen atoms in total. The van der Waals surface area contributed by atoms with Crippen molar-refractivity contribution in [1.82, 2.24) is 14.8 Å². The first-order valence-corrected chi connectivity index (χ1v) is 12.4. The summed E-state index contributed by atoms with van der Waals surface area (Å²) in [5.41, 5.74) is 2.63. The maximum atomic E-state index is 12.7. The van der Waals surface area contributed by atoms with Gasteiger partial charge in [-0.25, -0.2) is 8.42 Å². The fraction of sp³-hybridized carbons (Fsp3) is 0.632. The number of Topliss-reactive ketones (excluding diaryl/α,β-unsaturated/α-hetero) is 1. The van der Waals surface area contributed by atoms with E-state index < -0.39 is 9.84 Å². The van der Waals surface area contributed by atoms with E-state index in [1.165, 1.54) is 11.8 Å². The second-order valence-electron chi connectivity index (χ2n) is 7.61. The number of aromatic nitrogens is 3. The van der Waals surface area contributed by atoms with Crippen molar-refractivity contribution in [2.75, 3.05) is 31.0 Å². The molecule has 0 aliphatic carbocycles. The number of ketones is 1. The highest BCUT2D eigenvalue weighted by atomic mass is 32.2. The highest BCUT2D eigenvalue weighted by molar-refractivity contribution is 7.99. The Morgan fingerprint density at radius 2 is 2.17 bits per heavy atom. The maximum Gasteiger partial charge on any atom is 0.277 e. The summed E-state index contributed by atoms with van der Waals surface area (Å²) in [6.07, 6.45) is 1.09. The van der Waals surface area contributed by atoms with Crippen LogP contribution in [0.15, 0.2) is 15.7 Å². The smallest absolute Gasteiger partial charge is 0.277 e. The van der Waals surface area contributed by atoms with Crippen molar-refractivity contribution in [2.24, 2.45) is 5.92 Å². The molecule has 0 amide bonds. The number of aryl methyl sites for hydroxylation is 1. The zero-order valence-electron chi connectivity index (χ0n) is 17.2. The summed E-state index contributed by atoms with van der Waals surface area (Å²) in [5.74, 6) is 1.05. The lowest BCUT2D eigenvalue weighted by Gasteiger charge is -2.17. The van der Waals surface area contributed by atoms with Gasteiger partial charge in [0.15, 0.2) is 15.6 Å². The number of sulfone groups is 1. The monoisotopic (exact) mass is 441 g/mol. The largest absolute Gasteiger partial charge is 0.416 e. The van der Waals surface area contributed by atoms with Crippen LogP contribution in [0.1, 0.15) is 47.0 Å². The standard InChI is InChI=1S/C19H27N3O5S2/c1-12-7-16(14(3)22(12)13(2)9-26-4)17(23)10-28-19-21-20-18(27-19)8-15-5-6-29(24,25)11-15/h7,13,15H,5-6,8-11H2,1-4H3. The minimum Gasteiger partial charge on any atom is -0.416 e. The Hall–Kier alpha value is -1.65. The van der Waals surface area contributed by atoms with Gasteiger partial charge in [-0.2, -0.15) is 0 Å².